The largest absolute Gasteiger partial charge is 0.870 e. The molecule has 0 spiro atoms. The van der Waals surface area contributed by atoms with Crippen molar-refractivity contribution in [3.8, 4) is 5.75 Å². The summed E-state index contributed by atoms with van der Waals surface area (Å²) >= 11 is 0. The van der Waals surface area contributed by atoms with Crippen LogP contribution in [0.25, 0.3) is 0 Å². The zero-order valence-electron chi connectivity index (χ0n) is 24.3. The van der Waals surface area contributed by atoms with E-state index in [0.29, 0.717) is 18.6 Å². The van der Waals surface area contributed by atoms with Crippen molar-refractivity contribution in [3.05, 3.63) is 28.8 Å². The molecule has 0 aliphatic carbocycles. The van der Waals surface area contributed by atoms with Gasteiger partial charge >= 0.3 is 7.82 Å². The lowest BCUT2D eigenvalue weighted by atomic mass is 9.78. The van der Waals surface area contributed by atoms with E-state index in [1.165, 1.54) is 30.7 Å². The number of phenols is 1. The van der Waals surface area contributed by atoms with Gasteiger partial charge in [0.15, 0.2) is 0 Å². The predicted octanol–water partition coefficient (Wildman–Crippen LogP) is 6.78. The summed E-state index contributed by atoms with van der Waals surface area (Å²) in [5, 5.41) is 10.7. The minimum Gasteiger partial charge on any atom is -0.870 e. The van der Waals surface area contributed by atoms with Gasteiger partial charge in [0.25, 0.3) is 0 Å². The summed E-state index contributed by atoms with van der Waals surface area (Å²) in [6.45, 7) is 28.6. The Kier molecular flexibility index (Phi) is 15.9. The molecule has 1 rings (SSSR count). The van der Waals surface area contributed by atoms with Gasteiger partial charge in [-0.1, -0.05) is 53.7 Å². The number of hydrogen-bond acceptors (Lipinski definition) is 5. The van der Waals surface area contributed by atoms with Crippen LogP contribution in [-0.2, 0) is 30.9 Å². The maximum atomic E-state index is 11.5. The van der Waals surface area contributed by atoms with E-state index in [0.717, 1.165) is 16.7 Å². The second-order valence-electron chi connectivity index (χ2n) is 11.0. The van der Waals surface area contributed by atoms with E-state index >= 15 is 0 Å². The maximum Gasteiger partial charge on any atom is 0.472 e. The molecule has 0 radical (unpaired) electrons. The third-order valence-electron chi connectivity index (χ3n) is 6.63. The number of aromatic hydroxyl groups is 1. The van der Waals surface area contributed by atoms with Crippen molar-refractivity contribution in [1.29, 1.82) is 0 Å². The van der Waals surface area contributed by atoms with Crippen LogP contribution < -0.4 is 0 Å². The highest BCUT2D eigenvalue weighted by atomic mass is 31.2. The van der Waals surface area contributed by atoms with E-state index in [1.54, 1.807) is 6.92 Å². The molecule has 7 nitrogen and oxygen atoms in total. The van der Waals surface area contributed by atoms with Gasteiger partial charge in [0.1, 0.15) is 5.75 Å². The van der Waals surface area contributed by atoms with Crippen molar-refractivity contribution < 1.29 is 33.6 Å². The monoisotopic (exact) mass is 519 g/mol. The number of aryl methyl sites for hydroxylation is 1. The number of benzene rings is 1. The van der Waals surface area contributed by atoms with Crippen molar-refractivity contribution >= 4 is 7.82 Å². The Morgan fingerprint density at radius 1 is 0.829 bits per heavy atom. The fraction of sp³-hybridized carbons (Fsp3) is 0.778. The summed E-state index contributed by atoms with van der Waals surface area (Å²) in [4.78, 5) is 9.43. The van der Waals surface area contributed by atoms with E-state index in [9.17, 15) is 14.6 Å². The third-order valence-corrected chi connectivity index (χ3v) is 7.72. The fourth-order valence-electron chi connectivity index (χ4n) is 3.98. The second kappa shape index (κ2) is 15.3. The van der Waals surface area contributed by atoms with Crippen LogP contribution in [-0.4, -0.2) is 59.4 Å². The summed E-state index contributed by atoms with van der Waals surface area (Å²) < 4.78 is 22.4. The molecule has 1 aromatic carbocycles. The Morgan fingerprint density at radius 2 is 1.23 bits per heavy atom. The van der Waals surface area contributed by atoms with Crippen molar-refractivity contribution in [3.63, 3.8) is 0 Å². The molecule has 1 atom stereocenters. The molecular weight excluding hydrogens is 465 g/mol. The number of rotatable bonds is 11. The van der Waals surface area contributed by atoms with Crippen LogP contribution >= 0.6 is 7.82 Å². The molecule has 0 aliphatic heterocycles. The topological polar surface area (TPSA) is 106 Å². The predicted molar refractivity (Wildman–Crippen MR) is 146 cm³/mol. The highest BCUT2D eigenvalue weighted by Gasteiger charge is 2.26. The molecule has 0 aliphatic rings. The minimum absolute atomic E-state index is 0. The van der Waals surface area contributed by atoms with Crippen LogP contribution in [0.4, 0.5) is 0 Å². The summed E-state index contributed by atoms with van der Waals surface area (Å²) in [6, 6.07) is 4.04. The molecule has 3 N–H and O–H groups in total. The van der Waals surface area contributed by atoms with Gasteiger partial charge in [0.2, 0.25) is 0 Å². The van der Waals surface area contributed by atoms with E-state index in [1.807, 2.05) is 12.1 Å². The second-order valence-corrected chi connectivity index (χ2v) is 12.4. The highest BCUT2D eigenvalue weighted by molar-refractivity contribution is 7.47. The molecule has 0 fully saturated rings. The fourth-order valence-corrected chi connectivity index (χ4v) is 4.74. The molecule has 0 bridgehead atoms. The Bertz CT molecular complexity index is 726. The molecule has 1 aromatic rings. The van der Waals surface area contributed by atoms with Crippen molar-refractivity contribution in [2.75, 3.05) is 39.4 Å². The molecule has 0 saturated heterocycles. The first-order valence-corrected chi connectivity index (χ1v) is 14.4. The van der Waals surface area contributed by atoms with Gasteiger partial charge in [-0.2, -0.15) is 0 Å². The molecule has 0 saturated carbocycles. The summed E-state index contributed by atoms with van der Waals surface area (Å²) in [5.41, 5.74) is 2.56. The lowest BCUT2D eigenvalue weighted by Crippen LogP contribution is -2.47. The van der Waals surface area contributed by atoms with Gasteiger partial charge in [0, 0.05) is 0 Å². The highest BCUT2D eigenvalue weighted by Crippen LogP contribution is 2.43. The number of phosphoric ester groups is 1. The first-order chi connectivity index (χ1) is 15.5. The Morgan fingerprint density at radius 3 is 1.51 bits per heavy atom. The molecular formula is C27H54NO6P. The summed E-state index contributed by atoms with van der Waals surface area (Å²) in [7, 11) is -3.93. The standard InChI is InChI=1S/C19H33O5P.C8H20N.H2O/c1-8-23-25(21,22)24-11-9-10-14-12-15(18(2,3)4)17(20)16(13-14)19(5,6)7;1-5-9(6-2,7-3)8-4;/h12-13,20H,8-11H2,1-7H3,(H,21,22);5-8H2,1-4H3;1H2/q;+1;/p-1. The van der Waals surface area contributed by atoms with Gasteiger partial charge in [-0.3, -0.25) is 9.05 Å². The summed E-state index contributed by atoms with van der Waals surface area (Å²) in [6.07, 6.45) is 1.29. The van der Waals surface area contributed by atoms with Crippen LogP contribution in [0.5, 0.6) is 5.75 Å². The molecule has 8 heteroatoms. The van der Waals surface area contributed by atoms with Crippen LogP contribution in [0, 0.1) is 0 Å². The number of hydrogen-bond donors (Lipinski definition) is 2. The Balaban J connectivity index is 0. The lowest BCUT2D eigenvalue weighted by molar-refractivity contribution is -0.921. The van der Waals surface area contributed by atoms with Crippen molar-refractivity contribution in [2.24, 2.45) is 0 Å². The lowest BCUT2D eigenvalue weighted by Gasteiger charge is -2.34. The Hall–Kier alpha value is -0.950. The first-order valence-electron chi connectivity index (χ1n) is 12.9. The number of nitrogens with zero attached hydrogens (tertiary/aromatic N) is 1. The molecule has 0 aromatic heterocycles. The van der Waals surface area contributed by atoms with Gasteiger partial charge in [0.05, 0.1) is 39.4 Å². The summed E-state index contributed by atoms with van der Waals surface area (Å²) in [5.74, 6) is 0.358. The molecule has 35 heavy (non-hydrogen) atoms. The molecule has 208 valence electrons. The number of quaternary nitrogens is 1. The normalized spacial score (nSPS) is 13.9. The SMILES string of the molecule is CCOP(=O)(O)OCCCc1cc(C(C)(C)C)c(O)c(C(C)(C)C)c1.CC[N+](CC)(CC)CC.[OH-]. The molecule has 0 heterocycles. The van der Waals surface area contributed by atoms with E-state index < -0.39 is 7.82 Å². The van der Waals surface area contributed by atoms with Crippen LogP contribution in [0.1, 0.15) is 99.3 Å². The zero-order chi connectivity index (χ0) is 26.8. The van der Waals surface area contributed by atoms with Crippen molar-refractivity contribution in [1.82, 2.24) is 0 Å². The number of phenolic OH excluding ortho intramolecular Hbond substituents is 1. The first kappa shape index (κ1) is 36.2. The zero-order valence-corrected chi connectivity index (χ0v) is 25.2. The third kappa shape index (κ3) is 12.2. The minimum atomic E-state index is -3.93. The molecule has 1 unspecified atom stereocenters. The average Bonchev–Trinajstić information content (AvgIpc) is 2.73. The smallest absolute Gasteiger partial charge is 0.472 e. The Labute approximate surface area is 215 Å². The van der Waals surface area contributed by atoms with Gasteiger partial charge in [-0.15, -0.1) is 0 Å². The van der Waals surface area contributed by atoms with E-state index in [-0.39, 0.29) is 29.5 Å². The maximum absolute atomic E-state index is 11.5. The van der Waals surface area contributed by atoms with Gasteiger partial charge < -0.3 is 20.0 Å². The van der Waals surface area contributed by atoms with E-state index in [2.05, 4.69) is 73.8 Å². The van der Waals surface area contributed by atoms with Crippen LogP contribution in [0.15, 0.2) is 12.1 Å². The van der Waals surface area contributed by atoms with E-state index in [4.69, 9.17) is 4.52 Å². The molecule has 0 amide bonds. The van der Waals surface area contributed by atoms with Gasteiger partial charge in [-0.05, 0) is 75.0 Å². The quantitative estimate of drug-likeness (QED) is 0.190. The van der Waals surface area contributed by atoms with Gasteiger partial charge in [-0.25, -0.2) is 4.57 Å². The van der Waals surface area contributed by atoms with Crippen molar-refractivity contribution in [2.45, 2.75) is 99.8 Å². The number of phosphoric acid groups is 1. The van der Waals surface area contributed by atoms with Crippen LogP contribution in [0.2, 0.25) is 0 Å². The van der Waals surface area contributed by atoms with Crippen LogP contribution in [0.3, 0.4) is 0 Å². The average molecular weight is 520 g/mol.